The number of hydrogen-bond donors (Lipinski definition) is 2. The Morgan fingerprint density at radius 3 is 2.35 bits per heavy atom. The highest BCUT2D eigenvalue weighted by atomic mass is 35.5. The smallest absolute Gasteiger partial charge is 0.0431 e. The molecule has 0 aromatic heterocycles. The third-order valence-corrected chi connectivity index (χ3v) is 6.74. The van der Waals surface area contributed by atoms with Gasteiger partial charge in [-0.1, -0.05) is 27.7 Å². The fraction of sp³-hybridized carbons (Fsp3) is 1.00. The highest BCUT2D eigenvalue weighted by molar-refractivity contribution is 6.20. The lowest BCUT2D eigenvalue weighted by Crippen LogP contribution is -2.53. The van der Waals surface area contributed by atoms with E-state index in [4.69, 9.17) is 17.3 Å². The number of alkyl halides is 1. The minimum atomic E-state index is 0.409. The minimum Gasteiger partial charge on any atom is -0.318 e. The van der Waals surface area contributed by atoms with E-state index in [9.17, 15) is 0 Å². The van der Waals surface area contributed by atoms with Crippen LogP contribution in [-0.4, -0.2) is 42.6 Å². The molecule has 0 aromatic carbocycles. The molecule has 1 saturated heterocycles. The summed E-state index contributed by atoms with van der Waals surface area (Å²) in [6, 6.07) is 0.499. The molecule has 2 fully saturated rings. The average molecular weight is 344 g/mol. The molecule has 3 nitrogen and oxygen atoms in total. The maximum Gasteiger partial charge on any atom is 0.0431 e. The SMILES string of the molecule is CC(C)[C@H](CN1CCC(C2CCC(Cl)CC2)C(C)(C)C1)NCN. The van der Waals surface area contributed by atoms with Crippen molar-refractivity contribution in [2.75, 3.05) is 26.3 Å². The molecule has 0 radical (unpaired) electrons. The third-order valence-electron chi connectivity index (χ3n) is 6.30. The van der Waals surface area contributed by atoms with Crippen LogP contribution in [0, 0.1) is 23.2 Å². The Morgan fingerprint density at radius 1 is 1.17 bits per heavy atom. The van der Waals surface area contributed by atoms with Gasteiger partial charge in [0, 0.05) is 31.2 Å². The predicted molar refractivity (Wildman–Crippen MR) is 101 cm³/mol. The summed E-state index contributed by atoms with van der Waals surface area (Å²) in [5, 5.41) is 3.89. The summed E-state index contributed by atoms with van der Waals surface area (Å²) in [5.74, 6) is 2.38. The van der Waals surface area contributed by atoms with E-state index >= 15 is 0 Å². The van der Waals surface area contributed by atoms with Crippen LogP contribution in [0.15, 0.2) is 0 Å². The van der Waals surface area contributed by atoms with Crippen molar-refractivity contribution < 1.29 is 0 Å². The van der Waals surface area contributed by atoms with Crippen LogP contribution in [-0.2, 0) is 0 Å². The molecule has 4 heteroatoms. The molecule has 23 heavy (non-hydrogen) atoms. The lowest BCUT2D eigenvalue weighted by atomic mass is 9.64. The van der Waals surface area contributed by atoms with Crippen molar-refractivity contribution in [2.24, 2.45) is 28.9 Å². The van der Waals surface area contributed by atoms with Crippen molar-refractivity contribution in [1.82, 2.24) is 10.2 Å². The van der Waals surface area contributed by atoms with E-state index < -0.39 is 0 Å². The number of likely N-dealkylation sites (tertiary alicyclic amines) is 1. The number of nitrogens with zero attached hydrogens (tertiary/aromatic N) is 1. The molecule has 0 bridgehead atoms. The maximum atomic E-state index is 6.31. The van der Waals surface area contributed by atoms with Crippen LogP contribution in [0.3, 0.4) is 0 Å². The zero-order chi connectivity index (χ0) is 17.0. The molecule has 1 aliphatic heterocycles. The highest BCUT2D eigenvalue weighted by Crippen LogP contribution is 2.45. The Balaban J connectivity index is 1.91. The largest absolute Gasteiger partial charge is 0.318 e. The first-order valence-electron chi connectivity index (χ1n) is 9.63. The van der Waals surface area contributed by atoms with Gasteiger partial charge in [-0.2, -0.15) is 0 Å². The van der Waals surface area contributed by atoms with Crippen LogP contribution >= 0.6 is 11.6 Å². The van der Waals surface area contributed by atoms with E-state index in [-0.39, 0.29) is 0 Å². The normalized spacial score (nSPS) is 33.8. The second kappa shape index (κ2) is 8.51. The molecule has 1 aliphatic carbocycles. The maximum absolute atomic E-state index is 6.31. The molecule has 0 spiro atoms. The van der Waals surface area contributed by atoms with Gasteiger partial charge in [-0.05, 0) is 61.8 Å². The fourth-order valence-electron chi connectivity index (χ4n) is 4.94. The molecule has 1 heterocycles. The van der Waals surface area contributed by atoms with Crippen molar-refractivity contribution in [3.8, 4) is 0 Å². The van der Waals surface area contributed by atoms with Crippen molar-refractivity contribution in [2.45, 2.75) is 71.2 Å². The monoisotopic (exact) mass is 343 g/mol. The summed E-state index contributed by atoms with van der Waals surface area (Å²) in [7, 11) is 0. The Kier molecular flexibility index (Phi) is 7.21. The van der Waals surface area contributed by atoms with E-state index in [1.807, 2.05) is 0 Å². The van der Waals surface area contributed by atoms with Crippen molar-refractivity contribution in [3.63, 3.8) is 0 Å². The second-order valence-corrected chi connectivity index (χ2v) is 9.51. The number of halogens is 1. The van der Waals surface area contributed by atoms with Gasteiger partial charge in [0.05, 0.1) is 0 Å². The first-order valence-corrected chi connectivity index (χ1v) is 10.1. The number of nitrogens with one attached hydrogen (secondary N) is 1. The summed E-state index contributed by atoms with van der Waals surface area (Å²) in [4.78, 5) is 2.66. The summed E-state index contributed by atoms with van der Waals surface area (Å²) < 4.78 is 0. The first kappa shape index (κ1) is 19.5. The molecule has 1 saturated carbocycles. The van der Waals surface area contributed by atoms with Crippen LogP contribution < -0.4 is 11.1 Å². The summed E-state index contributed by atoms with van der Waals surface area (Å²) in [6.45, 7) is 13.7. The average Bonchev–Trinajstić information content (AvgIpc) is 2.47. The van der Waals surface area contributed by atoms with E-state index in [1.54, 1.807) is 0 Å². The van der Waals surface area contributed by atoms with Gasteiger partial charge in [0.15, 0.2) is 0 Å². The quantitative estimate of drug-likeness (QED) is 0.571. The fourth-order valence-corrected chi connectivity index (χ4v) is 5.19. The number of hydrogen-bond acceptors (Lipinski definition) is 3. The third kappa shape index (κ3) is 5.32. The number of rotatable bonds is 6. The number of nitrogens with two attached hydrogens (primary N) is 1. The van der Waals surface area contributed by atoms with Gasteiger partial charge < -0.3 is 16.0 Å². The standard InChI is InChI=1S/C19H38ClN3/c1-14(2)18(22-13-21)11-23-10-9-17(19(3,4)12-23)15-5-7-16(20)8-6-15/h14-18,22H,5-13,21H2,1-4H3/t15?,16?,17?,18-/m0/s1. The molecule has 0 amide bonds. The zero-order valence-electron chi connectivity index (χ0n) is 15.7. The highest BCUT2D eigenvalue weighted by Gasteiger charge is 2.41. The molecular formula is C19H38ClN3. The van der Waals surface area contributed by atoms with E-state index in [2.05, 4.69) is 37.9 Å². The molecule has 136 valence electrons. The van der Waals surface area contributed by atoms with E-state index in [0.29, 0.717) is 29.4 Å². The predicted octanol–water partition coefficient (Wildman–Crippen LogP) is 3.66. The Morgan fingerprint density at radius 2 is 1.83 bits per heavy atom. The van der Waals surface area contributed by atoms with Crippen LogP contribution in [0.2, 0.25) is 0 Å². The molecular weight excluding hydrogens is 306 g/mol. The Bertz CT molecular complexity index is 351. The minimum absolute atomic E-state index is 0.409. The molecule has 2 rings (SSSR count). The summed E-state index contributed by atoms with van der Waals surface area (Å²) in [6.07, 6.45) is 6.46. The van der Waals surface area contributed by atoms with Gasteiger partial charge in [-0.25, -0.2) is 0 Å². The van der Waals surface area contributed by atoms with Gasteiger partial charge in [0.1, 0.15) is 0 Å². The van der Waals surface area contributed by atoms with Crippen molar-refractivity contribution in [1.29, 1.82) is 0 Å². The van der Waals surface area contributed by atoms with Crippen molar-refractivity contribution >= 4 is 11.6 Å². The molecule has 3 N–H and O–H groups in total. The lowest BCUT2D eigenvalue weighted by molar-refractivity contribution is 0.00491. The van der Waals surface area contributed by atoms with Gasteiger partial charge in [0.2, 0.25) is 0 Å². The lowest BCUT2D eigenvalue weighted by Gasteiger charge is -2.49. The Labute approximate surface area is 148 Å². The van der Waals surface area contributed by atoms with Crippen LogP contribution in [0.1, 0.15) is 59.8 Å². The van der Waals surface area contributed by atoms with Crippen LogP contribution in [0.25, 0.3) is 0 Å². The molecule has 0 aromatic rings. The molecule has 2 atom stereocenters. The van der Waals surface area contributed by atoms with E-state index in [1.165, 1.54) is 45.2 Å². The molecule has 1 unspecified atom stereocenters. The van der Waals surface area contributed by atoms with E-state index in [0.717, 1.165) is 18.4 Å². The van der Waals surface area contributed by atoms with Gasteiger partial charge in [-0.3, -0.25) is 0 Å². The van der Waals surface area contributed by atoms with Gasteiger partial charge in [0.25, 0.3) is 0 Å². The van der Waals surface area contributed by atoms with Crippen molar-refractivity contribution in [3.05, 3.63) is 0 Å². The second-order valence-electron chi connectivity index (χ2n) is 8.89. The number of piperidine rings is 1. The van der Waals surface area contributed by atoms with Crippen LogP contribution in [0.5, 0.6) is 0 Å². The summed E-state index contributed by atoms with van der Waals surface area (Å²) >= 11 is 6.31. The first-order chi connectivity index (χ1) is 10.8. The zero-order valence-corrected chi connectivity index (χ0v) is 16.4. The topological polar surface area (TPSA) is 41.3 Å². The van der Waals surface area contributed by atoms with Crippen LogP contribution in [0.4, 0.5) is 0 Å². The van der Waals surface area contributed by atoms with Gasteiger partial charge in [-0.15, -0.1) is 11.6 Å². The Hall–Kier alpha value is 0.170. The summed E-state index contributed by atoms with van der Waals surface area (Å²) in [5.41, 5.74) is 6.13. The molecule has 2 aliphatic rings. The van der Waals surface area contributed by atoms with Gasteiger partial charge >= 0.3 is 0 Å².